The fourth-order valence-electron chi connectivity index (χ4n) is 4.77. The Morgan fingerprint density at radius 2 is 2.19 bits per heavy atom. The Hall–Kier alpha value is -1.30. The van der Waals surface area contributed by atoms with Crippen molar-refractivity contribution in [2.24, 2.45) is 17.6 Å². The number of ether oxygens (including phenoxy) is 2. The van der Waals surface area contributed by atoms with Crippen molar-refractivity contribution in [3.63, 3.8) is 0 Å². The second-order valence-electron chi connectivity index (χ2n) is 8.45. The molecule has 3 heterocycles. The Labute approximate surface area is 159 Å². The summed E-state index contributed by atoms with van der Waals surface area (Å²) in [5.74, 6) is 1.43. The van der Waals surface area contributed by atoms with Crippen molar-refractivity contribution in [3.05, 3.63) is 28.8 Å². The van der Waals surface area contributed by atoms with Crippen molar-refractivity contribution < 1.29 is 14.3 Å². The number of hydrogen-bond acceptors (Lipinski definition) is 4. The second-order valence-corrected chi connectivity index (χ2v) is 8.88. The van der Waals surface area contributed by atoms with E-state index in [-0.39, 0.29) is 29.6 Å². The van der Waals surface area contributed by atoms with Gasteiger partial charge in [0.1, 0.15) is 11.4 Å². The molecular formula is C20H27ClN2O3. The number of halogens is 1. The van der Waals surface area contributed by atoms with Crippen LogP contribution in [-0.4, -0.2) is 41.6 Å². The highest BCUT2D eigenvalue weighted by molar-refractivity contribution is 6.30. The van der Waals surface area contributed by atoms with Crippen molar-refractivity contribution in [1.82, 2.24) is 4.90 Å². The summed E-state index contributed by atoms with van der Waals surface area (Å²) < 4.78 is 12.9. The van der Waals surface area contributed by atoms with E-state index in [0.717, 1.165) is 24.2 Å². The first-order valence-electron chi connectivity index (χ1n) is 9.44. The van der Waals surface area contributed by atoms with Gasteiger partial charge in [0, 0.05) is 35.5 Å². The molecule has 0 saturated carbocycles. The van der Waals surface area contributed by atoms with Crippen LogP contribution in [-0.2, 0) is 9.53 Å². The molecular weight excluding hydrogens is 352 g/mol. The molecule has 1 amide bonds. The molecule has 0 aliphatic carbocycles. The first kappa shape index (κ1) is 18.1. The molecule has 1 aromatic carbocycles. The Morgan fingerprint density at radius 3 is 2.92 bits per heavy atom. The standard InChI is InChI=1S/C20H27ClN2O3/c1-11(22)19(24)23-7-6-16-12(10-23)8-15-18(25-16)14-9-13(21)4-5-17(14)26-20(15,2)3/h4-5,9,11-12,15-16,18H,6-8,10,22H2,1-3H3/t11-,12-,15+,16+,18-/m1/s1. The van der Waals surface area contributed by atoms with Crippen LogP contribution in [0.4, 0.5) is 0 Å². The van der Waals surface area contributed by atoms with Gasteiger partial charge in [0.15, 0.2) is 0 Å². The summed E-state index contributed by atoms with van der Waals surface area (Å²) in [7, 11) is 0. The monoisotopic (exact) mass is 378 g/mol. The third-order valence-electron chi connectivity index (χ3n) is 6.15. The minimum atomic E-state index is -0.452. The van der Waals surface area contributed by atoms with Crippen molar-refractivity contribution in [3.8, 4) is 5.75 Å². The van der Waals surface area contributed by atoms with E-state index < -0.39 is 6.04 Å². The first-order chi connectivity index (χ1) is 12.3. The van der Waals surface area contributed by atoms with Crippen LogP contribution >= 0.6 is 11.6 Å². The quantitative estimate of drug-likeness (QED) is 0.815. The maximum absolute atomic E-state index is 12.3. The van der Waals surface area contributed by atoms with Gasteiger partial charge in [-0.3, -0.25) is 4.79 Å². The number of hydrogen-bond donors (Lipinski definition) is 1. The molecule has 3 aliphatic heterocycles. The lowest BCUT2D eigenvalue weighted by Gasteiger charge is -2.53. The minimum Gasteiger partial charge on any atom is -0.487 e. The molecule has 5 nitrogen and oxygen atoms in total. The Morgan fingerprint density at radius 1 is 1.42 bits per heavy atom. The van der Waals surface area contributed by atoms with Gasteiger partial charge in [-0.15, -0.1) is 0 Å². The summed E-state index contributed by atoms with van der Waals surface area (Å²) in [5.41, 5.74) is 6.52. The number of benzene rings is 1. The first-order valence-corrected chi connectivity index (χ1v) is 9.82. The van der Waals surface area contributed by atoms with E-state index in [9.17, 15) is 4.79 Å². The number of carbonyl (C=O) groups excluding carboxylic acids is 1. The van der Waals surface area contributed by atoms with E-state index in [1.807, 2.05) is 23.1 Å². The lowest BCUT2D eigenvalue weighted by atomic mass is 9.70. The minimum absolute atomic E-state index is 0.00983. The van der Waals surface area contributed by atoms with Gasteiger partial charge in [0.25, 0.3) is 0 Å². The second kappa shape index (κ2) is 6.39. The molecule has 0 radical (unpaired) electrons. The molecule has 2 saturated heterocycles. The van der Waals surface area contributed by atoms with E-state index in [2.05, 4.69) is 13.8 Å². The van der Waals surface area contributed by atoms with Gasteiger partial charge in [0.2, 0.25) is 5.91 Å². The highest BCUT2D eigenvalue weighted by Gasteiger charge is 2.51. The number of nitrogens with two attached hydrogens (primary N) is 1. The number of carbonyl (C=O) groups is 1. The van der Waals surface area contributed by atoms with Crippen molar-refractivity contribution in [2.45, 2.75) is 57.5 Å². The normalized spacial score (nSPS) is 33.3. The lowest BCUT2D eigenvalue weighted by Crippen LogP contribution is -2.57. The predicted molar refractivity (Wildman–Crippen MR) is 100 cm³/mol. The van der Waals surface area contributed by atoms with E-state index in [1.54, 1.807) is 6.92 Å². The van der Waals surface area contributed by atoms with Crippen LogP contribution in [0.1, 0.15) is 45.3 Å². The predicted octanol–water partition coefficient (Wildman–Crippen LogP) is 3.15. The summed E-state index contributed by atoms with van der Waals surface area (Å²) in [6.07, 6.45) is 1.97. The number of nitrogens with zero attached hydrogens (tertiary/aromatic N) is 1. The van der Waals surface area contributed by atoms with Crippen molar-refractivity contribution in [2.75, 3.05) is 13.1 Å². The summed E-state index contributed by atoms with van der Waals surface area (Å²) >= 11 is 6.23. The van der Waals surface area contributed by atoms with Crippen LogP contribution in [0.15, 0.2) is 18.2 Å². The van der Waals surface area contributed by atoms with Gasteiger partial charge in [-0.1, -0.05) is 11.6 Å². The van der Waals surface area contributed by atoms with Gasteiger partial charge >= 0.3 is 0 Å². The molecule has 142 valence electrons. The molecule has 4 rings (SSSR count). The van der Waals surface area contributed by atoms with Gasteiger partial charge in [-0.25, -0.2) is 0 Å². The highest BCUT2D eigenvalue weighted by Crippen LogP contribution is 2.53. The molecule has 2 fully saturated rings. The van der Waals surface area contributed by atoms with E-state index >= 15 is 0 Å². The smallest absolute Gasteiger partial charge is 0.239 e. The third-order valence-corrected chi connectivity index (χ3v) is 6.39. The summed E-state index contributed by atoms with van der Waals surface area (Å²) in [6.45, 7) is 7.42. The average Bonchev–Trinajstić information content (AvgIpc) is 2.60. The topological polar surface area (TPSA) is 64.8 Å². The maximum Gasteiger partial charge on any atom is 0.239 e. The van der Waals surface area contributed by atoms with Crippen molar-refractivity contribution in [1.29, 1.82) is 0 Å². The van der Waals surface area contributed by atoms with Crippen LogP contribution in [0, 0.1) is 11.8 Å². The molecule has 2 N–H and O–H groups in total. The van der Waals surface area contributed by atoms with E-state index in [4.69, 9.17) is 26.8 Å². The number of likely N-dealkylation sites (tertiary alicyclic amines) is 1. The number of fused-ring (bicyclic) bond motifs is 4. The summed E-state index contributed by atoms with van der Waals surface area (Å²) in [6, 6.07) is 5.32. The average molecular weight is 379 g/mol. The van der Waals surface area contributed by atoms with Crippen molar-refractivity contribution >= 4 is 17.5 Å². The SMILES string of the molecule is C[C@@H](N)C(=O)N1CC[C@@H]2O[C@@H]3c4cc(Cl)ccc4OC(C)(C)[C@H]3C[C@@H]2C1. The Kier molecular flexibility index (Phi) is 4.45. The maximum atomic E-state index is 12.3. The molecule has 5 atom stereocenters. The van der Waals surface area contributed by atoms with E-state index in [0.29, 0.717) is 24.0 Å². The van der Waals surface area contributed by atoms with Crippen LogP contribution in [0.5, 0.6) is 5.75 Å². The largest absolute Gasteiger partial charge is 0.487 e. The molecule has 0 aromatic heterocycles. The number of rotatable bonds is 1. The number of piperidine rings is 1. The summed E-state index contributed by atoms with van der Waals surface area (Å²) in [4.78, 5) is 14.2. The molecule has 1 aromatic rings. The van der Waals surface area contributed by atoms with Gasteiger partial charge in [0.05, 0.1) is 18.2 Å². The van der Waals surface area contributed by atoms with Crippen LogP contribution < -0.4 is 10.5 Å². The van der Waals surface area contributed by atoms with Crippen LogP contribution in [0.25, 0.3) is 0 Å². The Bertz CT molecular complexity index is 721. The van der Waals surface area contributed by atoms with Gasteiger partial charge in [-0.05, 0) is 51.8 Å². The fraction of sp³-hybridized carbons (Fsp3) is 0.650. The van der Waals surface area contributed by atoms with Crippen LogP contribution in [0.2, 0.25) is 5.02 Å². The molecule has 3 aliphatic rings. The third kappa shape index (κ3) is 3.00. The fourth-order valence-corrected chi connectivity index (χ4v) is 4.95. The zero-order valence-electron chi connectivity index (χ0n) is 15.6. The van der Waals surface area contributed by atoms with Crippen LogP contribution in [0.3, 0.4) is 0 Å². The number of amides is 1. The molecule has 0 spiro atoms. The lowest BCUT2D eigenvalue weighted by molar-refractivity contribution is -0.188. The molecule has 26 heavy (non-hydrogen) atoms. The Balaban J connectivity index is 1.60. The van der Waals surface area contributed by atoms with Gasteiger partial charge < -0.3 is 20.1 Å². The highest BCUT2D eigenvalue weighted by atomic mass is 35.5. The molecule has 0 unspecified atom stereocenters. The zero-order valence-corrected chi connectivity index (χ0v) is 16.3. The summed E-state index contributed by atoms with van der Waals surface area (Å²) in [5, 5.41) is 0.703. The zero-order chi connectivity index (χ0) is 18.6. The molecule has 0 bridgehead atoms. The van der Waals surface area contributed by atoms with E-state index in [1.165, 1.54) is 0 Å². The van der Waals surface area contributed by atoms with Gasteiger partial charge in [-0.2, -0.15) is 0 Å². The molecule has 6 heteroatoms.